The third-order valence-electron chi connectivity index (χ3n) is 4.25. The number of carboxylic acids is 1. The molecule has 1 amide bonds. The number of hydrogen-bond donors (Lipinski definition) is 2. The molecule has 1 fully saturated rings. The third-order valence-corrected chi connectivity index (χ3v) is 4.97. The second kappa shape index (κ2) is 6.01. The maximum Gasteiger partial charge on any atom is 0.309 e. The summed E-state index contributed by atoms with van der Waals surface area (Å²) >= 11 is 1.32. The van der Waals surface area contributed by atoms with Crippen molar-refractivity contribution in [3.63, 3.8) is 0 Å². The van der Waals surface area contributed by atoms with Crippen LogP contribution in [0.2, 0.25) is 0 Å². The summed E-state index contributed by atoms with van der Waals surface area (Å²) in [7, 11) is 0. The summed E-state index contributed by atoms with van der Waals surface area (Å²) in [5.41, 5.74) is 5.43. The molecule has 6 nitrogen and oxygen atoms in total. The summed E-state index contributed by atoms with van der Waals surface area (Å²) in [6.45, 7) is 4.65. The number of nitrogen functional groups attached to an aromatic ring is 1. The maximum atomic E-state index is 12.3. The van der Waals surface area contributed by atoms with Crippen LogP contribution in [0.15, 0.2) is 5.38 Å². The van der Waals surface area contributed by atoms with Gasteiger partial charge in [0.25, 0.3) is 0 Å². The van der Waals surface area contributed by atoms with Gasteiger partial charge < -0.3 is 15.7 Å². The normalized spacial score (nSPS) is 19.5. The van der Waals surface area contributed by atoms with Crippen LogP contribution in [-0.2, 0) is 16.0 Å². The second-order valence-electron chi connectivity index (χ2n) is 6.06. The van der Waals surface area contributed by atoms with E-state index in [2.05, 4.69) is 4.98 Å². The minimum absolute atomic E-state index is 0.00816. The molecule has 1 aromatic heterocycles. The first-order valence-corrected chi connectivity index (χ1v) is 7.89. The lowest BCUT2D eigenvalue weighted by Crippen LogP contribution is -2.47. The lowest BCUT2D eigenvalue weighted by molar-refractivity contribution is -0.153. The highest BCUT2D eigenvalue weighted by atomic mass is 32.1. The molecule has 0 aromatic carbocycles. The van der Waals surface area contributed by atoms with Crippen LogP contribution in [-0.4, -0.2) is 40.0 Å². The van der Waals surface area contributed by atoms with Crippen LogP contribution in [0.25, 0.3) is 0 Å². The van der Waals surface area contributed by atoms with Gasteiger partial charge in [-0.1, -0.05) is 0 Å². The standard InChI is InChI=1S/C14H21N3O3S/c1-14(2,12(19)20)9-4-3-5-17(7-9)11(18)6-10-8-21-13(15)16-10/h8-9H,3-7H2,1-2H3,(H2,15,16)(H,19,20). The van der Waals surface area contributed by atoms with Crippen LogP contribution in [0.3, 0.4) is 0 Å². The maximum absolute atomic E-state index is 12.3. The number of aliphatic carboxylic acids is 1. The summed E-state index contributed by atoms with van der Waals surface area (Å²) in [4.78, 5) is 29.5. The van der Waals surface area contributed by atoms with Gasteiger partial charge in [-0.25, -0.2) is 4.98 Å². The SMILES string of the molecule is CC(C)(C(=O)O)C1CCCN(C(=O)Cc2csc(N)n2)C1. The number of carboxylic acid groups (broad SMARTS) is 1. The van der Waals surface area contributed by atoms with Crippen LogP contribution >= 0.6 is 11.3 Å². The van der Waals surface area contributed by atoms with E-state index in [-0.39, 0.29) is 18.2 Å². The van der Waals surface area contributed by atoms with Crippen molar-refractivity contribution in [1.82, 2.24) is 9.88 Å². The Hall–Kier alpha value is -1.63. The number of carbonyl (C=O) groups is 2. The Morgan fingerprint density at radius 2 is 2.29 bits per heavy atom. The fourth-order valence-corrected chi connectivity index (χ4v) is 3.20. The first-order chi connectivity index (χ1) is 9.80. The number of anilines is 1. The van der Waals surface area contributed by atoms with E-state index in [9.17, 15) is 14.7 Å². The number of thiazole rings is 1. The Kier molecular flexibility index (Phi) is 4.51. The molecule has 1 unspecified atom stereocenters. The highest BCUT2D eigenvalue weighted by Crippen LogP contribution is 2.34. The van der Waals surface area contributed by atoms with Gasteiger partial charge in [-0.05, 0) is 32.6 Å². The van der Waals surface area contributed by atoms with Crippen molar-refractivity contribution in [2.75, 3.05) is 18.8 Å². The smallest absolute Gasteiger partial charge is 0.309 e. The molecule has 3 N–H and O–H groups in total. The Labute approximate surface area is 128 Å². The Balaban J connectivity index is 2.00. The van der Waals surface area contributed by atoms with E-state index in [1.54, 1.807) is 24.1 Å². The molecule has 0 saturated carbocycles. The molecule has 1 saturated heterocycles. The van der Waals surface area contributed by atoms with Gasteiger partial charge in [0.05, 0.1) is 17.5 Å². The van der Waals surface area contributed by atoms with Crippen molar-refractivity contribution in [2.24, 2.45) is 11.3 Å². The van der Waals surface area contributed by atoms with Gasteiger partial charge in [0.1, 0.15) is 0 Å². The van der Waals surface area contributed by atoms with E-state index in [1.165, 1.54) is 11.3 Å². The van der Waals surface area contributed by atoms with Crippen molar-refractivity contribution in [3.8, 4) is 0 Å². The molecule has 2 rings (SSSR count). The molecule has 1 aliphatic heterocycles. The van der Waals surface area contributed by atoms with Crippen molar-refractivity contribution in [2.45, 2.75) is 33.1 Å². The summed E-state index contributed by atoms with van der Waals surface area (Å²) in [6, 6.07) is 0. The molecule has 2 heterocycles. The zero-order valence-corrected chi connectivity index (χ0v) is 13.2. The van der Waals surface area contributed by atoms with Crippen molar-refractivity contribution >= 4 is 28.3 Å². The number of likely N-dealkylation sites (tertiary alicyclic amines) is 1. The molecule has 1 atom stereocenters. The number of carbonyl (C=O) groups excluding carboxylic acids is 1. The van der Waals surface area contributed by atoms with Gasteiger partial charge in [0, 0.05) is 18.5 Å². The largest absolute Gasteiger partial charge is 0.481 e. The molecular weight excluding hydrogens is 290 g/mol. The molecule has 1 aromatic rings. The molecular formula is C14H21N3O3S. The fourth-order valence-electron chi connectivity index (χ4n) is 2.64. The number of nitrogens with zero attached hydrogens (tertiary/aromatic N) is 2. The third kappa shape index (κ3) is 3.53. The number of piperidine rings is 1. The predicted molar refractivity (Wildman–Crippen MR) is 81.0 cm³/mol. The monoisotopic (exact) mass is 311 g/mol. The highest BCUT2D eigenvalue weighted by Gasteiger charge is 2.39. The average molecular weight is 311 g/mol. The van der Waals surface area contributed by atoms with Crippen LogP contribution in [0.4, 0.5) is 5.13 Å². The van der Waals surface area contributed by atoms with Gasteiger partial charge in [-0.3, -0.25) is 9.59 Å². The summed E-state index contributed by atoms with van der Waals surface area (Å²) in [5.74, 6) is -0.839. The zero-order valence-electron chi connectivity index (χ0n) is 12.3. The number of aromatic nitrogens is 1. The first-order valence-electron chi connectivity index (χ1n) is 7.01. The lowest BCUT2D eigenvalue weighted by atomic mass is 9.74. The van der Waals surface area contributed by atoms with Crippen molar-refractivity contribution in [3.05, 3.63) is 11.1 Å². The Bertz CT molecular complexity index is 541. The van der Waals surface area contributed by atoms with Crippen LogP contribution < -0.4 is 5.73 Å². The van der Waals surface area contributed by atoms with Gasteiger partial charge in [-0.15, -0.1) is 11.3 Å². The Morgan fingerprint density at radius 1 is 1.57 bits per heavy atom. The second-order valence-corrected chi connectivity index (χ2v) is 6.95. The van der Waals surface area contributed by atoms with Gasteiger partial charge in [-0.2, -0.15) is 0 Å². The number of hydrogen-bond acceptors (Lipinski definition) is 5. The Morgan fingerprint density at radius 3 is 2.86 bits per heavy atom. The molecule has 0 radical (unpaired) electrons. The van der Waals surface area contributed by atoms with Gasteiger partial charge in [0.15, 0.2) is 5.13 Å². The summed E-state index contributed by atoms with van der Waals surface area (Å²) < 4.78 is 0. The average Bonchev–Trinajstić information content (AvgIpc) is 2.84. The molecule has 0 spiro atoms. The molecule has 116 valence electrons. The zero-order chi connectivity index (χ0) is 15.6. The predicted octanol–water partition coefficient (Wildman–Crippen LogP) is 1.62. The fraction of sp³-hybridized carbons (Fsp3) is 0.643. The van der Waals surface area contributed by atoms with E-state index in [4.69, 9.17) is 5.73 Å². The highest BCUT2D eigenvalue weighted by molar-refractivity contribution is 7.13. The van der Waals surface area contributed by atoms with E-state index < -0.39 is 11.4 Å². The molecule has 1 aliphatic rings. The van der Waals surface area contributed by atoms with Crippen molar-refractivity contribution in [1.29, 1.82) is 0 Å². The van der Waals surface area contributed by atoms with E-state index >= 15 is 0 Å². The molecule has 21 heavy (non-hydrogen) atoms. The van der Waals surface area contributed by atoms with Gasteiger partial charge in [0.2, 0.25) is 5.91 Å². The minimum atomic E-state index is -0.815. The van der Waals surface area contributed by atoms with Crippen LogP contribution in [0.1, 0.15) is 32.4 Å². The van der Waals surface area contributed by atoms with Gasteiger partial charge >= 0.3 is 5.97 Å². The summed E-state index contributed by atoms with van der Waals surface area (Å²) in [5, 5.41) is 11.6. The van der Waals surface area contributed by atoms with Crippen LogP contribution in [0, 0.1) is 11.3 Å². The van der Waals surface area contributed by atoms with Crippen molar-refractivity contribution < 1.29 is 14.7 Å². The lowest BCUT2D eigenvalue weighted by Gasteiger charge is -2.39. The molecule has 0 bridgehead atoms. The number of rotatable bonds is 4. The first kappa shape index (κ1) is 15.8. The van der Waals surface area contributed by atoms with Crippen LogP contribution in [0.5, 0.6) is 0 Å². The topological polar surface area (TPSA) is 96.5 Å². The summed E-state index contributed by atoms with van der Waals surface area (Å²) in [6.07, 6.45) is 1.91. The van der Waals surface area contributed by atoms with E-state index in [0.717, 1.165) is 12.8 Å². The minimum Gasteiger partial charge on any atom is -0.481 e. The molecule has 7 heteroatoms. The molecule has 0 aliphatic carbocycles. The number of amides is 1. The van der Waals surface area contributed by atoms with E-state index in [0.29, 0.717) is 23.9 Å². The number of nitrogens with two attached hydrogens (primary N) is 1. The van der Waals surface area contributed by atoms with E-state index in [1.807, 2.05) is 0 Å². The quantitative estimate of drug-likeness (QED) is 0.880.